The molecule has 1 unspecified atom stereocenters. The second-order valence-electron chi connectivity index (χ2n) is 4.70. The summed E-state index contributed by atoms with van der Waals surface area (Å²) < 4.78 is 32.7. The number of hydrogen-bond donors (Lipinski definition) is 1. The summed E-state index contributed by atoms with van der Waals surface area (Å²) in [5.41, 5.74) is 3.62. The average molecular weight is 343 g/mol. The van der Waals surface area contributed by atoms with Crippen molar-refractivity contribution in [1.82, 2.24) is 4.90 Å². The smallest absolute Gasteiger partial charge is 0.173 e. The fourth-order valence-electron chi connectivity index (χ4n) is 2.23. The van der Waals surface area contributed by atoms with Gasteiger partial charge >= 0.3 is 0 Å². The predicted molar refractivity (Wildman–Crippen MR) is 76.7 cm³/mol. The Balaban J connectivity index is 0.000000309. The topological polar surface area (TPSA) is 105 Å². The quantitative estimate of drug-likeness (QED) is 0.742. The lowest BCUT2D eigenvalue weighted by Gasteiger charge is -2.30. The van der Waals surface area contributed by atoms with Crippen molar-refractivity contribution in [2.75, 3.05) is 0 Å². The number of rotatable bonds is 1. The number of hydrogen-bond acceptors (Lipinski definition) is 7. The summed E-state index contributed by atoms with van der Waals surface area (Å²) in [5.74, 6) is 0. The van der Waals surface area contributed by atoms with Crippen molar-refractivity contribution in [3.63, 3.8) is 0 Å². The standard InChI is InChI=1S/C14H14N2S.ClHO4/c1-10-8-11(2)16-13(9-17-14(16)15-10)12-6-4-3-5-7-12;2-1(3,4)5/h3-9,11H,1-2H3;(H,2,3,4,5). The highest BCUT2D eigenvalue weighted by molar-refractivity contribution is 8.16. The summed E-state index contributed by atoms with van der Waals surface area (Å²) in [6.07, 6.45) is 2.20. The number of fused-ring (bicyclic) bond motifs is 1. The normalized spacial score (nSPS) is 20.4. The second kappa shape index (κ2) is 6.82. The van der Waals surface area contributed by atoms with Crippen molar-refractivity contribution < 1.29 is 28.9 Å². The van der Waals surface area contributed by atoms with Crippen LogP contribution in [-0.2, 0) is 0 Å². The largest absolute Gasteiger partial charge is 0.313 e. The van der Waals surface area contributed by atoms with Gasteiger partial charge < -0.3 is 4.90 Å². The number of nitrogens with zero attached hydrogens (tertiary/aromatic N) is 2. The third kappa shape index (κ3) is 4.57. The van der Waals surface area contributed by atoms with Crippen molar-refractivity contribution in [2.24, 2.45) is 4.99 Å². The maximum absolute atomic E-state index is 8.60. The number of thioether (sulfide) groups is 1. The molecule has 3 rings (SSSR count). The second-order valence-corrected chi connectivity index (χ2v) is 6.32. The molecule has 0 aliphatic carbocycles. The van der Waals surface area contributed by atoms with Crippen molar-refractivity contribution in [1.29, 1.82) is 0 Å². The van der Waals surface area contributed by atoms with E-state index < -0.39 is 10.2 Å². The fourth-order valence-corrected chi connectivity index (χ4v) is 3.27. The van der Waals surface area contributed by atoms with E-state index in [1.165, 1.54) is 11.3 Å². The van der Waals surface area contributed by atoms with E-state index in [0.29, 0.717) is 6.04 Å². The SMILES string of the molecule is CC1=CC(C)N2C(c3ccccc3)=CSC2=N1.[O-][Cl+3]([O-])([O-])O. The molecule has 0 amide bonds. The van der Waals surface area contributed by atoms with Gasteiger partial charge in [0.15, 0.2) is 5.17 Å². The minimum absolute atomic E-state index is 0.379. The van der Waals surface area contributed by atoms with E-state index in [0.717, 1.165) is 10.9 Å². The molecular weight excluding hydrogens is 328 g/mol. The van der Waals surface area contributed by atoms with E-state index in [1.54, 1.807) is 11.8 Å². The first-order valence-electron chi connectivity index (χ1n) is 6.37. The third-order valence-corrected chi connectivity index (χ3v) is 3.81. The molecule has 0 saturated heterocycles. The Morgan fingerprint density at radius 2 is 1.82 bits per heavy atom. The van der Waals surface area contributed by atoms with E-state index in [2.05, 4.69) is 59.5 Å². The molecule has 2 aliphatic rings. The van der Waals surface area contributed by atoms with Crippen LogP contribution in [-0.4, -0.2) is 20.8 Å². The van der Waals surface area contributed by atoms with Gasteiger partial charge in [0.1, 0.15) is 0 Å². The summed E-state index contributed by atoms with van der Waals surface area (Å²) in [6, 6.07) is 10.9. The van der Waals surface area contributed by atoms with Crippen LogP contribution in [0.25, 0.3) is 5.70 Å². The Labute approximate surface area is 134 Å². The van der Waals surface area contributed by atoms with Crippen LogP contribution in [0, 0.1) is 10.2 Å². The lowest BCUT2D eigenvalue weighted by Crippen LogP contribution is -2.58. The van der Waals surface area contributed by atoms with Crippen molar-refractivity contribution in [3.05, 3.63) is 53.1 Å². The Bertz CT molecular complexity index is 619. The molecule has 0 fully saturated rings. The summed E-state index contributed by atoms with van der Waals surface area (Å²) in [5, 5.41) is 3.29. The van der Waals surface area contributed by atoms with Crippen LogP contribution in [0.15, 0.2) is 52.5 Å². The van der Waals surface area contributed by atoms with Gasteiger partial charge in [-0.25, -0.2) is 4.99 Å². The van der Waals surface area contributed by atoms with Crippen LogP contribution in [0.4, 0.5) is 0 Å². The van der Waals surface area contributed by atoms with Gasteiger partial charge in [0.2, 0.25) is 0 Å². The third-order valence-electron chi connectivity index (χ3n) is 2.97. The zero-order valence-corrected chi connectivity index (χ0v) is 13.5. The highest BCUT2D eigenvalue weighted by Crippen LogP contribution is 2.37. The molecular formula is C14H15ClN2O4S. The highest BCUT2D eigenvalue weighted by Gasteiger charge is 2.29. The Morgan fingerprint density at radius 1 is 1.23 bits per heavy atom. The van der Waals surface area contributed by atoms with Gasteiger partial charge in [-0.15, -0.1) is 0 Å². The van der Waals surface area contributed by atoms with E-state index in [-0.39, 0.29) is 0 Å². The molecule has 1 aromatic rings. The Morgan fingerprint density at radius 3 is 2.41 bits per heavy atom. The molecule has 2 aliphatic heterocycles. The molecule has 22 heavy (non-hydrogen) atoms. The molecule has 1 atom stereocenters. The molecule has 0 aromatic heterocycles. The van der Waals surface area contributed by atoms with E-state index in [4.69, 9.17) is 18.6 Å². The first-order chi connectivity index (χ1) is 10.3. The first-order valence-corrected chi connectivity index (χ1v) is 8.52. The Hall–Kier alpha value is -1.35. The van der Waals surface area contributed by atoms with Gasteiger partial charge in [0.25, 0.3) is 0 Å². The molecule has 0 spiro atoms. The number of halogens is 1. The fraction of sp³-hybridized carbons (Fsp3) is 0.214. The van der Waals surface area contributed by atoms with Crippen LogP contribution >= 0.6 is 11.8 Å². The van der Waals surface area contributed by atoms with Crippen molar-refractivity contribution in [2.45, 2.75) is 19.9 Å². The minimum atomic E-state index is -4.69. The van der Waals surface area contributed by atoms with E-state index >= 15 is 0 Å². The van der Waals surface area contributed by atoms with Gasteiger partial charge in [-0.2, -0.15) is 14.0 Å². The molecule has 0 saturated carbocycles. The number of amidine groups is 1. The van der Waals surface area contributed by atoms with Gasteiger partial charge in [-0.05, 0) is 25.5 Å². The zero-order chi connectivity index (χ0) is 16.3. The predicted octanol–water partition coefficient (Wildman–Crippen LogP) is -0.428. The number of allylic oxidation sites excluding steroid dienone is 1. The molecule has 1 N–H and O–H groups in total. The summed E-state index contributed by atoms with van der Waals surface area (Å²) in [7, 11) is -4.69. The van der Waals surface area contributed by atoms with Gasteiger partial charge in [-0.1, -0.05) is 42.1 Å². The molecule has 118 valence electrons. The zero-order valence-electron chi connectivity index (χ0n) is 12.0. The van der Waals surface area contributed by atoms with Crippen LogP contribution < -0.4 is 14.0 Å². The number of aliphatic imine (C=N–C) groups is 1. The van der Waals surface area contributed by atoms with Gasteiger partial charge in [-0.3, -0.25) is 0 Å². The molecule has 6 nitrogen and oxygen atoms in total. The van der Waals surface area contributed by atoms with Crippen LogP contribution in [0.5, 0.6) is 0 Å². The maximum atomic E-state index is 8.60. The summed E-state index contributed by atoms with van der Waals surface area (Å²) in [4.78, 5) is 6.88. The van der Waals surface area contributed by atoms with Gasteiger partial charge in [0, 0.05) is 11.1 Å². The van der Waals surface area contributed by atoms with Crippen LogP contribution in [0.1, 0.15) is 19.4 Å². The van der Waals surface area contributed by atoms with Crippen molar-refractivity contribution in [3.8, 4) is 0 Å². The summed E-state index contributed by atoms with van der Waals surface area (Å²) >= 11 is 1.71. The minimum Gasteiger partial charge on any atom is -0.313 e. The highest BCUT2D eigenvalue weighted by atomic mass is 35.7. The lowest BCUT2D eigenvalue weighted by molar-refractivity contribution is -1.92. The average Bonchev–Trinajstić information content (AvgIpc) is 2.81. The number of benzene rings is 1. The van der Waals surface area contributed by atoms with E-state index in [1.807, 2.05) is 6.07 Å². The van der Waals surface area contributed by atoms with Crippen molar-refractivity contribution >= 4 is 22.6 Å². The lowest BCUT2D eigenvalue weighted by atomic mass is 10.1. The first kappa shape index (κ1) is 17.0. The van der Waals surface area contributed by atoms with E-state index in [9.17, 15) is 0 Å². The molecule has 0 bridgehead atoms. The Kier molecular flexibility index (Phi) is 5.28. The van der Waals surface area contributed by atoms with Crippen LogP contribution in [0.3, 0.4) is 0 Å². The monoisotopic (exact) mass is 342 g/mol. The maximum Gasteiger partial charge on any atom is 0.173 e. The molecule has 2 heterocycles. The van der Waals surface area contributed by atoms with Crippen LogP contribution in [0.2, 0.25) is 0 Å². The molecule has 1 aromatic carbocycles. The summed E-state index contributed by atoms with van der Waals surface area (Å²) in [6.45, 7) is 4.27. The molecule has 8 heteroatoms. The van der Waals surface area contributed by atoms with Gasteiger partial charge in [0.05, 0.1) is 26.6 Å². The molecule has 0 radical (unpaired) electrons.